The molecule has 0 atom stereocenters. The second-order valence-corrected chi connectivity index (χ2v) is 8.41. The molecule has 1 fully saturated rings. The van der Waals surface area contributed by atoms with E-state index in [0.29, 0.717) is 36.2 Å². The number of aromatic nitrogens is 2. The second kappa shape index (κ2) is 9.58. The minimum absolute atomic E-state index is 0.134. The molecule has 0 saturated carbocycles. The third-order valence-corrected chi connectivity index (χ3v) is 6.25. The molecule has 3 heterocycles. The Labute approximate surface area is 194 Å². The standard InChI is InChI=1S/C26H28N4O3/c1-32-23-16-21(10-11-22(23)33-15-14-29-12-6-3-7-13-29)30-18-20-17-27-25(28-24(20)26(30)31)19-8-4-2-5-9-19/h2,4-5,8-11,16-17H,3,6-7,12-15,18H2,1H3. The van der Waals surface area contributed by atoms with Crippen LogP contribution in [0.25, 0.3) is 11.4 Å². The van der Waals surface area contributed by atoms with Crippen LogP contribution >= 0.6 is 0 Å². The quantitative estimate of drug-likeness (QED) is 0.545. The van der Waals surface area contributed by atoms with E-state index in [1.165, 1.54) is 19.3 Å². The summed E-state index contributed by atoms with van der Waals surface area (Å²) in [6, 6.07) is 15.3. The Morgan fingerprint density at radius 1 is 1.00 bits per heavy atom. The van der Waals surface area contributed by atoms with Crippen LogP contribution in [0.4, 0.5) is 5.69 Å². The molecule has 2 aliphatic heterocycles. The lowest BCUT2D eigenvalue weighted by molar-refractivity contribution is 0.0992. The number of hydrogen-bond acceptors (Lipinski definition) is 6. The third-order valence-electron chi connectivity index (χ3n) is 6.25. The minimum atomic E-state index is -0.134. The fourth-order valence-electron chi connectivity index (χ4n) is 4.42. The molecule has 170 valence electrons. The molecule has 1 amide bonds. The number of benzene rings is 2. The Kier molecular flexibility index (Phi) is 6.21. The van der Waals surface area contributed by atoms with Crippen molar-refractivity contribution in [3.05, 3.63) is 66.0 Å². The second-order valence-electron chi connectivity index (χ2n) is 8.41. The van der Waals surface area contributed by atoms with Crippen LogP contribution in [0.1, 0.15) is 35.3 Å². The number of carbonyl (C=O) groups excluding carboxylic acids is 1. The van der Waals surface area contributed by atoms with E-state index in [0.717, 1.165) is 36.4 Å². The maximum atomic E-state index is 13.2. The Hall–Kier alpha value is -3.45. The van der Waals surface area contributed by atoms with Gasteiger partial charge in [-0.1, -0.05) is 36.8 Å². The van der Waals surface area contributed by atoms with Crippen molar-refractivity contribution >= 4 is 11.6 Å². The van der Waals surface area contributed by atoms with E-state index in [1.54, 1.807) is 18.2 Å². The van der Waals surface area contributed by atoms with E-state index >= 15 is 0 Å². The number of fused-ring (bicyclic) bond motifs is 1. The Morgan fingerprint density at radius 2 is 1.82 bits per heavy atom. The average molecular weight is 445 g/mol. The van der Waals surface area contributed by atoms with E-state index in [9.17, 15) is 4.79 Å². The molecule has 0 spiro atoms. The molecule has 7 heteroatoms. The number of anilines is 1. The SMILES string of the molecule is COc1cc(N2Cc3cnc(-c4ccccc4)nc3C2=O)ccc1OCCN1CCCCC1. The number of rotatable bonds is 7. The molecular weight excluding hydrogens is 416 g/mol. The van der Waals surface area contributed by atoms with E-state index in [1.807, 2.05) is 48.5 Å². The molecule has 0 unspecified atom stereocenters. The lowest BCUT2D eigenvalue weighted by Crippen LogP contribution is -2.33. The zero-order valence-electron chi connectivity index (χ0n) is 18.9. The van der Waals surface area contributed by atoms with Crippen LogP contribution in [0.5, 0.6) is 11.5 Å². The van der Waals surface area contributed by atoms with Crippen molar-refractivity contribution in [1.29, 1.82) is 0 Å². The summed E-state index contributed by atoms with van der Waals surface area (Å²) in [6.07, 6.45) is 5.60. The molecule has 0 radical (unpaired) electrons. The van der Waals surface area contributed by atoms with Gasteiger partial charge in [-0.3, -0.25) is 9.69 Å². The normalized spacial score (nSPS) is 16.0. The molecule has 3 aromatic rings. The summed E-state index contributed by atoms with van der Waals surface area (Å²) >= 11 is 0. The molecule has 2 aliphatic rings. The van der Waals surface area contributed by atoms with Gasteiger partial charge in [0.2, 0.25) is 0 Å². The van der Waals surface area contributed by atoms with Gasteiger partial charge in [0.25, 0.3) is 5.91 Å². The van der Waals surface area contributed by atoms with Gasteiger partial charge < -0.3 is 14.4 Å². The molecule has 0 aliphatic carbocycles. The number of carbonyl (C=O) groups is 1. The molecule has 0 bridgehead atoms. The summed E-state index contributed by atoms with van der Waals surface area (Å²) in [5, 5.41) is 0. The molecule has 7 nitrogen and oxygen atoms in total. The summed E-state index contributed by atoms with van der Waals surface area (Å²) in [5.74, 6) is 1.73. The van der Waals surface area contributed by atoms with Gasteiger partial charge >= 0.3 is 0 Å². The molecular formula is C26H28N4O3. The average Bonchev–Trinajstić information content (AvgIpc) is 3.21. The monoisotopic (exact) mass is 444 g/mol. The minimum Gasteiger partial charge on any atom is -0.493 e. The number of methoxy groups -OCH3 is 1. The molecule has 2 aromatic carbocycles. The molecule has 1 aromatic heterocycles. The highest BCUT2D eigenvalue weighted by molar-refractivity contribution is 6.08. The van der Waals surface area contributed by atoms with Crippen molar-refractivity contribution in [2.45, 2.75) is 25.8 Å². The third kappa shape index (κ3) is 4.54. The Morgan fingerprint density at radius 3 is 2.61 bits per heavy atom. The van der Waals surface area contributed by atoms with Crippen molar-refractivity contribution in [1.82, 2.24) is 14.9 Å². The summed E-state index contributed by atoms with van der Waals surface area (Å²) < 4.78 is 11.6. The maximum Gasteiger partial charge on any atom is 0.277 e. The van der Waals surface area contributed by atoms with Gasteiger partial charge in [0.1, 0.15) is 12.3 Å². The lowest BCUT2D eigenvalue weighted by atomic mass is 10.1. The zero-order valence-corrected chi connectivity index (χ0v) is 18.9. The first-order valence-electron chi connectivity index (χ1n) is 11.5. The van der Waals surface area contributed by atoms with Crippen molar-refractivity contribution in [3.63, 3.8) is 0 Å². The van der Waals surface area contributed by atoms with Crippen molar-refractivity contribution in [2.75, 3.05) is 38.3 Å². The number of hydrogen-bond donors (Lipinski definition) is 0. The van der Waals surface area contributed by atoms with E-state index in [-0.39, 0.29) is 5.91 Å². The number of likely N-dealkylation sites (tertiary alicyclic amines) is 1. The lowest BCUT2D eigenvalue weighted by Gasteiger charge is -2.26. The van der Waals surface area contributed by atoms with E-state index in [2.05, 4.69) is 14.9 Å². The van der Waals surface area contributed by atoms with E-state index < -0.39 is 0 Å². The van der Waals surface area contributed by atoms with Gasteiger partial charge in [0.05, 0.1) is 13.7 Å². The largest absolute Gasteiger partial charge is 0.493 e. The molecule has 5 rings (SSSR count). The number of piperidine rings is 1. The first-order valence-corrected chi connectivity index (χ1v) is 11.5. The van der Waals surface area contributed by atoms with Gasteiger partial charge in [-0.2, -0.15) is 0 Å². The van der Waals surface area contributed by atoms with Gasteiger partial charge in [-0.15, -0.1) is 0 Å². The highest BCUT2D eigenvalue weighted by Gasteiger charge is 2.31. The summed E-state index contributed by atoms with van der Waals surface area (Å²) in [6.45, 7) is 4.24. The van der Waals surface area contributed by atoms with Crippen LogP contribution in [-0.2, 0) is 6.54 Å². The van der Waals surface area contributed by atoms with Crippen LogP contribution in [0.15, 0.2) is 54.7 Å². The van der Waals surface area contributed by atoms with Gasteiger partial charge in [-0.05, 0) is 38.1 Å². The summed E-state index contributed by atoms with van der Waals surface area (Å²) in [4.78, 5) is 26.3. The summed E-state index contributed by atoms with van der Waals surface area (Å²) in [7, 11) is 1.62. The zero-order chi connectivity index (χ0) is 22.6. The van der Waals surface area contributed by atoms with E-state index in [4.69, 9.17) is 9.47 Å². The van der Waals surface area contributed by atoms with Gasteiger partial charge in [-0.25, -0.2) is 9.97 Å². The molecule has 0 N–H and O–H groups in total. The number of ether oxygens (including phenoxy) is 2. The van der Waals surface area contributed by atoms with Crippen LogP contribution in [0, 0.1) is 0 Å². The summed E-state index contributed by atoms with van der Waals surface area (Å²) in [5.41, 5.74) is 2.91. The Bertz CT molecular complexity index is 1130. The highest BCUT2D eigenvalue weighted by Crippen LogP contribution is 2.35. The Balaban J connectivity index is 1.30. The fourth-order valence-corrected chi connectivity index (χ4v) is 4.42. The fraction of sp³-hybridized carbons (Fsp3) is 0.346. The van der Waals surface area contributed by atoms with Crippen molar-refractivity contribution in [3.8, 4) is 22.9 Å². The number of nitrogens with zero attached hydrogens (tertiary/aromatic N) is 4. The van der Waals surface area contributed by atoms with Crippen LogP contribution < -0.4 is 14.4 Å². The van der Waals surface area contributed by atoms with Crippen LogP contribution in [0.3, 0.4) is 0 Å². The maximum absolute atomic E-state index is 13.2. The predicted octanol–water partition coefficient (Wildman–Crippen LogP) is 4.18. The van der Waals surface area contributed by atoms with Gasteiger partial charge in [0, 0.05) is 35.6 Å². The predicted molar refractivity (Wildman–Crippen MR) is 127 cm³/mol. The van der Waals surface area contributed by atoms with Crippen LogP contribution in [0.2, 0.25) is 0 Å². The first kappa shape index (κ1) is 21.4. The molecule has 1 saturated heterocycles. The smallest absolute Gasteiger partial charge is 0.277 e. The van der Waals surface area contributed by atoms with Crippen molar-refractivity contribution in [2.24, 2.45) is 0 Å². The van der Waals surface area contributed by atoms with Gasteiger partial charge in [0.15, 0.2) is 17.3 Å². The highest BCUT2D eigenvalue weighted by atomic mass is 16.5. The molecule has 33 heavy (non-hydrogen) atoms. The van der Waals surface area contributed by atoms with Crippen molar-refractivity contribution < 1.29 is 14.3 Å². The number of amides is 1. The first-order chi connectivity index (χ1) is 16.2. The van der Waals surface area contributed by atoms with Crippen LogP contribution in [-0.4, -0.2) is 54.1 Å². The topological polar surface area (TPSA) is 67.8 Å².